The molecule has 0 aliphatic rings. The highest BCUT2D eigenvalue weighted by atomic mass is 16.3. The topological polar surface area (TPSA) is 26.0 Å². The van der Waals surface area contributed by atoms with E-state index in [1.807, 2.05) is 24.4 Å². The third-order valence-corrected chi connectivity index (χ3v) is 4.07. The van der Waals surface area contributed by atoms with Gasteiger partial charge in [-0.3, -0.25) is 4.98 Å². The molecule has 0 saturated heterocycles. The lowest BCUT2D eigenvalue weighted by Gasteiger charge is -2.05. The molecule has 0 N–H and O–H groups in total. The second kappa shape index (κ2) is 5.73. The van der Waals surface area contributed by atoms with Gasteiger partial charge in [-0.05, 0) is 47.5 Å². The van der Waals surface area contributed by atoms with Gasteiger partial charge in [-0.15, -0.1) is 0 Å². The summed E-state index contributed by atoms with van der Waals surface area (Å²) in [7, 11) is 0. The SMILES string of the molecule is CCc1cc2cc(-c3cccc(-c4ccccn4)c3)ccc2o1. The van der Waals surface area contributed by atoms with E-state index in [0.717, 1.165) is 34.4 Å². The molecule has 0 unspecified atom stereocenters. The zero-order valence-electron chi connectivity index (χ0n) is 13.0. The first-order chi connectivity index (χ1) is 11.3. The minimum absolute atomic E-state index is 0.916. The zero-order chi connectivity index (χ0) is 15.6. The molecule has 2 nitrogen and oxygen atoms in total. The molecule has 0 aliphatic heterocycles. The smallest absolute Gasteiger partial charge is 0.134 e. The fourth-order valence-corrected chi connectivity index (χ4v) is 2.84. The van der Waals surface area contributed by atoms with E-state index in [1.165, 1.54) is 11.1 Å². The van der Waals surface area contributed by atoms with Crippen molar-refractivity contribution in [1.29, 1.82) is 0 Å². The lowest BCUT2D eigenvalue weighted by molar-refractivity contribution is 0.557. The summed E-state index contributed by atoms with van der Waals surface area (Å²) in [6.07, 6.45) is 2.74. The van der Waals surface area contributed by atoms with E-state index in [4.69, 9.17) is 4.42 Å². The molecule has 0 saturated carbocycles. The molecule has 4 rings (SSSR count). The summed E-state index contributed by atoms with van der Waals surface area (Å²) in [4.78, 5) is 4.43. The first-order valence-electron chi connectivity index (χ1n) is 7.88. The number of nitrogens with zero attached hydrogens (tertiary/aromatic N) is 1. The zero-order valence-corrected chi connectivity index (χ0v) is 13.0. The highest BCUT2D eigenvalue weighted by Crippen LogP contribution is 2.29. The summed E-state index contributed by atoms with van der Waals surface area (Å²) >= 11 is 0. The van der Waals surface area contributed by atoms with Crippen LogP contribution >= 0.6 is 0 Å². The standard InChI is InChI=1S/C21H17NO/c1-2-19-14-18-13-16(9-10-21(18)23-19)15-6-5-7-17(12-15)20-8-3-4-11-22-20/h3-14H,2H2,1H3. The molecular formula is C21H17NO. The van der Waals surface area contributed by atoms with Gasteiger partial charge in [-0.2, -0.15) is 0 Å². The van der Waals surface area contributed by atoms with Crippen molar-refractivity contribution < 1.29 is 4.42 Å². The molecule has 0 radical (unpaired) electrons. The fraction of sp³-hybridized carbons (Fsp3) is 0.0952. The van der Waals surface area contributed by atoms with Crippen molar-refractivity contribution in [3.05, 3.63) is 78.7 Å². The van der Waals surface area contributed by atoms with Gasteiger partial charge in [0.1, 0.15) is 11.3 Å². The Labute approximate surface area is 135 Å². The third-order valence-electron chi connectivity index (χ3n) is 4.07. The number of aromatic nitrogens is 1. The number of benzene rings is 2. The van der Waals surface area contributed by atoms with Crippen molar-refractivity contribution in [3.63, 3.8) is 0 Å². The van der Waals surface area contributed by atoms with E-state index >= 15 is 0 Å². The lowest BCUT2D eigenvalue weighted by atomic mass is 10.0. The maximum Gasteiger partial charge on any atom is 0.134 e. The van der Waals surface area contributed by atoms with Gasteiger partial charge in [0.05, 0.1) is 5.69 Å². The van der Waals surface area contributed by atoms with E-state index < -0.39 is 0 Å². The van der Waals surface area contributed by atoms with Crippen molar-refractivity contribution in [3.8, 4) is 22.4 Å². The van der Waals surface area contributed by atoms with E-state index in [0.29, 0.717) is 0 Å². The maximum absolute atomic E-state index is 5.79. The van der Waals surface area contributed by atoms with Crippen molar-refractivity contribution in [1.82, 2.24) is 4.98 Å². The molecule has 0 aliphatic carbocycles. The molecule has 0 atom stereocenters. The number of furan rings is 1. The fourth-order valence-electron chi connectivity index (χ4n) is 2.84. The van der Waals surface area contributed by atoms with Crippen LogP contribution in [-0.2, 0) is 6.42 Å². The van der Waals surface area contributed by atoms with Crippen LogP contribution in [0, 0.1) is 0 Å². The Balaban J connectivity index is 1.78. The molecule has 2 heteroatoms. The van der Waals surface area contributed by atoms with Gasteiger partial charge in [0.2, 0.25) is 0 Å². The largest absolute Gasteiger partial charge is 0.461 e. The molecule has 112 valence electrons. The van der Waals surface area contributed by atoms with E-state index in [2.05, 4.69) is 60.4 Å². The van der Waals surface area contributed by atoms with Crippen molar-refractivity contribution in [2.45, 2.75) is 13.3 Å². The second-order valence-corrected chi connectivity index (χ2v) is 5.61. The van der Waals surface area contributed by atoms with Crippen molar-refractivity contribution in [2.24, 2.45) is 0 Å². The first-order valence-corrected chi connectivity index (χ1v) is 7.88. The molecule has 0 spiro atoms. The third kappa shape index (κ3) is 2.64. The molecule has 2 aromatic heterocycles. The minimum atomic E-state index is 0.916. The van der Waals surface area contributed by atoms with Gasteiger partial charge in [-0.25, -0.2) is 0 Å². The second-order valence-electron chi connectivity index (χ2n) is 5.61. The van der Waals surface area contributed by atoms with Gasteiger partial charge in [0.25, 0.3) is 0 Å². The Kier molecular flexibility index (Phi) is 3.43. The first kappa shape index (κ1) is 13.8. The number of hydrogen-bond donors (Lipinski definition) is 0. The maximum atomic E-state index is 5.79. The average Bonchev–Trinajstić information content (AvgIpc) is 3.05. The Bertz CT molecular complexity index is 954. The van der Waals surface area contributed by atoms with Crippen LogP contribution < -0.4 is 0 Å². The molecule has 0 fully saturated rings. The monoisotopic (exact) mass is 299 g/mol. The van der Waals surface area contributed by atoms with Crippen molar-refractivity contribution >= 4 is 11.0 Å². The normalized spacial score (nSPS) is 11.0. The van der Waals surface area contributed by atoms with Crippen LogP contribution in [0.4, 0.5) is 0 Å². The van der Waals surface area contributed by atoms with E-state index in [1.54, 1.807) is 0 Å². The number of pyridine rings is 1. The van der Waals surface area contributed by atoms with Gasteiger partial charge in [0.15, 0.2) is 0 Å². The molecule has 0 amide bonds. The average molecular weight is 299 g/mol. The van der Waals surface area contributed by atoms with Crippen LogP contribution in [0.1, 0.15) is 12.7 Å². The summed E-state index contributed by atoms with van der Waals surface area (Å²) in [5.41, 5.74) is 5.45. The molecule has 23 heavy (non-hydrogen) atoms. The molecule has 2 aromatic carbocycles. The van der Waals surface area contributed by atoms with Crippen molar-refractivity contribution in [2.75, 3.05) is 0 Å². The Morgan fingerprint density at radius 2 is 1.70 bits per heavy atom. The van der Waals surface area contributed by atoms with E-state index in [9.17, 15) is 0 Å². The van der Waals surface area contributed by atoms with Crippen LogP contribution in [0.25, 0.3) is 33.4 Å². The summed E-state index contributed by atoms with van der Waals surface area (Å²) < 4.78 is 5.79. The molecular weight excluding hydrogens is 282 g/mol. The van der Waals surface area contributed by atoms with Crippen LogP contribution in [0.3, 0.4) is 0 Å². The molecule has 4 aromatic rings. The predicted molar refractivity (Wildman–Crippen MR) is 94.3 cm³/mol. The quantitative estimate of drug-likeness (QED) is 0.483. The Morgan fingerprint density at radius 1 is 0.826 bits per heavy atom. The predicted octanol–water partition coefficient (Wildman–Crippen LogP) is 5.72. The highest BCUT2D eigenvalue weighted by molar-refractivity contribution is 5.85. The summed E-state index contributed by atoms with van der Waals surface area (Å²) in [5.74, 6) is 1.03. The lowest BCUT2D eigenvalue weighted by Crippen LogP contribution is -1.83. The van der Waals surface area contributed by atoms with Gasteiger partial charge in [-0.1, -0.05) is 37.3 Å². The number of aryl methyl sites for hydroxylation is 1. The Hall–Kier alpha value is -2.87. The van der Waals surface area contributed by atoms with Gasteiger partial charge in [0, 0.05) is 23.6 Å². The summed E-state index contributed by atoms with van der Waals surface area (Å²) in [6, 6.07) is 23.0. The summed E-state index contributed by atoms with van der Waals surface area (Å²) in [5, 5.41) is 1.16. The van der Waals surface area contributed by atoms with Gasteiger partial charge >= 0.3 is 0 Å². The Morgan fingerprint density at radius 3 is 2.52 bits per heavy atom. The van der Waals surface area contributed by atoms with Crippen LogP contribution in [-0.4, -0.2) is 4.98 Å². The van der Waals surface area contributed by atoms with Gasteiger partial charge < -0.3 is 4.42 Å². The van der Waals surface area contributed by atoms with Crippen LogP contribution in [0.2, 0.25) is 0 Å². The minimum Gasteiger partial charge on any atom is -0.461 e. The number of hydrogen-bond acceptors (Lipinski definition) is 2. The highest BCUT2D eigenvalue weighted by Gasteiger charge is 2.06. The molecule has 0 bridgehead atoms. The number of rotatable bonds is 3. The molecule has 2 heterocycles. The van der Waals surface area contributed by atoms with E-state index in [-0.39, 0.29) is 0 Å². The summed E-state index contributed by atoms with van der Waals surface area (Å²) in [6.45, 7) is 2.11. The van der Waals surface area contributed by atoms with Crippen LogP contribution in [0.15, 0.2) is 77.3 Å². The van der Waals surface area contributed by atoms with Crippen LogP contribution in [0.5, 0.6) is 0 Å². The number of fused-ring (bicyclic) bond motifs is 1.